The average Bonchev–Trinajstić information content (AvgIpc) is 2.58. The summed E-state index contributed by atoms with van der Waals surface area (Å²) in [5.74, 6) is 0.111. The Labute approximate surface area is 147 Å². The number of ether oxygens (including phenoxy) is 2. The highest BCUT2D eigenvalue weighted by Crippen LogP contribution is 2.16. The number of rotatable bonds is 7. The molecule has 0 aliphatic heterocycles. The van der Waals surface area contributed by atoms with E-state index in [0.29, 0.717) is 11.3 Å². The first kappa shape index (κ1) is 19.0. The largest absolute Gasteiger partial charge is 0.492 e. The second-order valence-corrected chi connectivity index (χ2v) is 7.30. The number of aryl methyl sites for hydroxylation is 2. The van der Waals surface area contributed by atoms with E-state index >= 15 is 0 Å². The summed E-state index contributed by atoms with van der Waals surface area (Å²) in [6.45, 7) is 3.97. The summed E-state index contributed by atoms with van der Waals surface area (Å²) in [5, 5.41) is 0. The summed E-state index contributed by atoms with van der Waals surface area (Å²) in [6, 6.07) is 11.8. The van der Waals surface area contributed by atoms with Gasteiger partial charge in [0.05, 0.1) is 17.6 Å². The predicted molar refractivity (Wildman–Crippen MR) is 94.4 cm³/mol. The van der Waals surface area contributed by atoms with E-state index < -0.39 is 16.0 Å². The summed E-state index contributed by atoms with van der Waals surface area (Å²) in [4.78, 5) is 11.7. The first-order chi connectivity index (χ1) is 11.8. The fraction of sp³-hybridized carbons (Fsp3) is 0.278. The van der Waals surface area contributed by atoms with Gasteiger partial charge >= 0.3 is 5.97 Å². The van der Waals surface area contributed by atoms with Crippen LogP contribution < -0.4 is 9.46 Å². The highest BCUT2D eigenvalue weighted by Gasteiger charge is 2.18. The van der Waals surface area contributed by atoms with E-state index in [1.54, 1.807) is 13.0 Å². The molecule has 0 bridgehead atoms. The molecular weight excluding hydrogens is 342 g/mol. The smallest absolute Gasteiger partial charge is 0.338 e. The zero-order valence-electron chi connectivity index (χ0n) is 14.4. The lowest BCUT2D eigenvalue weighted by Gasteiger charge is -2.11. The summed E-state index contributed by atoms with van der Waals surface area (Å²) in [5.41, 5.74) is 1.93. The number of methoxy groups -OCH3 is 1. The third-order valence-electron chi connectivity index (χ3n) is 3.58. The standard InChI is InChI=1S/C18H21NO5S/c1-13-5-4-6-15(11-13)24-10-9-19-25(21,22)16-8-7-14(2)17(12-16)18(20)23-3/h4-8,11-12,19H,9-10H2,1-3H3. The number of benzene rings is 2. The monoisotopic (exact) mass is 363 g/mol. The van der Waals surface area contributed by atoms with Crippen molar-refractivity contribution in [1.82, 2.24) is 4.72 Å². The van der Waals surface area contributed by atoms with Crippen LogP contribution in [0, 0.1) is 13.8 Å². The topological polar surface area (TPSA) is 81.7 Å². The molecule has 0 heterocycles. The maximum Gasteiger partial charge on any atom is 0.338 e. The highest BCUT2D eigenvalue weighted by atomic mass is 32.2. The molecule has 134 valence electrons. The van der Waals surface area contributed by atoms with Gasteiger partial charge in [-0.1, -0.05) is 18.2 Å². The molecule has 2 aromatic carbocycles. The summed E-state index contributed by atoms with van der Waals surface area (Å²) < 4.78 is 37.3. The van der Waals surface area contributed by atoms with Crippen LogP contribution in [0.1, 0.15) is 21.5 Å². The number of esters is 1. The molecule has 0 fully saturated rings. The number of carbonyl (C=O) groups is 1. The Hall–Kier alpha value is -2.38. The molecule has 0 aliphatic rings. The number of carbonyl (C=O) groups excluding carboxylic acids is 1. The van der Waals surface area contributed by atoms with Crippen LogP contribution in [0.25, 0.3) is 0 Å². The molecule has 0 aromatic heterocycles. The zero-order chi connectivity index (χ0) is 18.4. The van der Waals surface area contributed by atoms with Gasteiger partial charge in [0.1, 0.15) is 12.4 Å². The quantitative estimate of drug-likeness (QED) is 0.604. The minimum Gasteiger partial charge on any atom is -0.492 e. The molecule has 0 amide bonds. The van der Waals surface area contributed by atoms with Crippen molar-refractivity contribution in [3.63, 3.8) is 0 Å². The van der Waals surface area contributed by atoms with E-state index in [0.717, 1.165) is 5.56 Å². The van der Waals surface area contributed by atoms with Crippen LogP contribution in [0.4, 0.5) is 0 Å². The van der Waals surface area contributed by atoms with E-state index in [1.165, 1.54) is 19.2 Å². The van der Waals surface area contributed by atoms with Crippen LogP contribution in [0.5, 0.6) is 5.75 Å². The van der Waals surface area contributed by atoms with E-state index in [4.69, 9.17) is 4.74 Å². The Kier molecular flexibility index (Phi) is 6.17. The molecule has 0 aliphatic carbocycles. The minimum atomic E-state index is -3.74. The number of nitrogens with one attached hydrogen (secondary N) is 1. The van der Waals surface area contributed by atoms with Crippen molar-refractivity contribution in [2.75, 3.05) is 20.3 Å². The molecule has 0 unspecified atom stereocenters. The van der Waals surface area contributed by atoms with Crippen LogP contribution in [0.15, 0.2) is 47.4 Å². The van der Waals surface area contributed by atoms with Crippen LogP contribution >= 0.6 is 0 Å². The maximum atomic E-state index is 12.4. The van der Waals surface area contributed by atoms with Crippen LogP contribution in [0.3, 0.4) is 0 Å². The van der Waals surface area contributed by atoms with Gasteiger partial charge in [0.25, 0.3) is 0 Å². The van der Waals surface area contributed by atoms with Crippen LogP contribution in [0.2, 0.25) is 0 Å². The van der Waals surface area contributed by atoms with Gasteiger partial charge in [-0.15, -0.1) is 0 Å². The normalized spacial score (nSPS) is 11.2. The molecule has 25 heavy (non-hydrogen) atoms. The Bertz CT molecular complexity index is 862. The number of hydrogen-bond acceptors (Lipinski definition) is 5. The second kappa shape index (κ2) is 8.13. The fourth-order valence-electron chi connectivity index (χ4n) is 2.23. The molecule has 0 atom stereocenters. The lowest BCUT2D eigenvalue weighted by Crippen LogP contribution is -2.28. The van der Waals surface area contributed by atoms with Gasteiger partial charge in [-0.3, -0.25) is 0 Å². The Morgan fingerprint density at radius 2 is 1.88 bits per heavy atom. The Morgan fingerprint density at radius 1 is 1.12 bits per heavy atom. The first-order valence-electron chi connectivity index (χ1n) is 7.71. The molecule has 0 saturated carbocycles. The van der Waals surface area contributed by atoms with Gasteiger partial charge in [0, 0.05) is 6.54 Å². The van der Waals surface area contributed by atoms with Crippen molar-refractivity contribution in [2.45, 2.75) is 18.7 Å². The van der Waals surface area contributed by atoms with Gasteiger partial charge in [-0.05, 0) is 49.2 Å². The SMILES string of the molecule is COC(=O)c1cc(S(=O)(=O)NCCOc2cccc(C)c2)ccc1C. The highest BCUT2D eigenvalue weighted by molar-refractivity contribution is 7.89. The van der Waals surface area contributed by atoms with Crippen molar-refractivity contribution in [3.8, 4) is 5.75 Å². The fourth-order valence-corrected chi connectivity index (χ4v) is 3.27. The van der Waals surface area contributed by atoms with Crippen molar-refractivity contribution < 1.29 is 22.7 Å². The average molecular weight is 363 g/mol. The molecule has 7 heteroatoms. The van der Waals surface area contributed by atoms with E-state index in [-0.39, 0.29) is 23.6 Å². The third kappa shape index (κ3) is 5.04. The van der Waals surface area contributed by atoms with Crippen LogP contribution in [-0.4, -0.2) is 34.6 Å². The Morgan fingerprint density at radius 3 is 2.56 bits per heavy atom. The molecule has 1 N–H and O–H groups in total. The summed E-state index contributed by atoms with van der Waals surface area (Å²) in [7, 11) is -2.49. The molecule has 0 spiro atoms. The van der Waals surface area contributed by atoms with Crippen molar-refractivity contribution >= 4 is 16.0 Å². The molecule has 0 saturated heterocycles. The zero-order valence-corrected chi connectivity index (χ0v) is 15.2. The van der Waals surface area contributed by atoms with Gasteiger partial charge in [-0.2, -0.15) is 0 Å². The number of sulfonamides is 1. The third-order valence-corrected chi connectivity index (χ3v) is 5.04. The summed E-state index contributed by atoms with van der Waals surface area (Å²) >= 11 is 0. The van der Waals surface area contributed by atoms with Gasteiger partial charge in [-0.25, -0.2) is 17.9 Å². The van der Waals surface area contributed by atoms with Crippen molar-refractivity contribution in [3.05, 3.63) is 59.2 Å². The maximum absolute atomic E-state index is 12.4. The van der Waals surface area contributed by atoms with E-state index in [9.17, 15) is 13.2 Å². The lowest BCUT2D eigenvalue weighted by atomic mass is 10.1. The minimum absolute atomic E-state index is 0.00838. The molecular formula is C18H21NO5S. The van der Waals surface area contributed by atoms with Crippen LogP contribution in [-0.2, 0) is 14.8 Å². The van der Waals surface area contributed by atoms with E-state index in [2.05, 4.69) is 9.46 Å². The molecule has 0 radical (unpaired) electrons. The predicted octanol–water partition coefficient (Wildman–Crippen LogP) is 2.45. The second-order valence-electron chi connectivity index (χ2n) is 5.53. The first-order valence-corrected chi connectivity index (χ1v) is 9.20. The lowest BCUT2D eigenvalue weighted by molar-refractivity contribution is 0.0599. The van der Waals surface area contributed by atoms with Crippen molar-refractivity contribution in [2.24, 2.45) is 0 Å². The molecule has 2 rings (SSSR count). The molecule has 6 nitrogen and oxygen atoms in total. The van der Waals surface area contributed by atoms with Gasteiger partial charge in [0.2, 0.25) is 10.0 Å². The van der Waals surface area contributed by atoms with Gasteiger partial charge < -0.3 is 9.47 Å². The van der Waals surface area contributed by atoms with E-state index in [1.807, 2.05) is 31.2 Å². The molecule has 2 aromatic rings. The van der Waals surface area contributed by atoms with Crippen molar-refractivity contribution in [1.29, 1.82) is 0 Å². The Balaban J connectivity index is 2.00. The summed E-state index contributed by atoms with van der Waals surface area (Å²) in [6.07, 6.45) is 0. The van der Waals surface area contributed by atoms with Gasteiger partial charge in [0.15, 0.2) is 0 Å². The number of hydrogen-bond donors (Lipinski definition) is 1.